The van der Waals surface area contributed by atoms with Crippen LogP contribution in [0.1, 0.15) is 40.0 Å². The number of halogens is 2. The van der Waals surface area contributed by atoms with Crippen LogP contribution in [0.2, 0.25) is 5.02 Å². The first kappa shape index (κ1) is 32.1. The van der Waals surface area contributed by atoms with E-state index in [1.165, 1.54) is 0 Å². The summed E-state index contributed by atoms with van der Waals surface area (Å²) < 4.78 is -0.813. The zero-order valence-corrected chi connectivity index (χ0v) is 27.2. The van der Waals surface area contributed by atoms with Crippen molar-refractivity contribution in [1.82, 2.24) is 9.80 Å². The average Bonchev–Trinajstić information content (AvgIpc) is 3.55. The number of likely N-dealkylation sites (tertiary alicyclic amines) is 1. The van der Waals surface area contributed by atoms with Crippen molar-refractivity contribution in [1.29, 1.82) is 0 Å². The lowest BCUT2D eigenvalue weighted by Gasteiger charge is -2.41. The number of carbonyl (C=O) groups is 3. The summed E-state index contributed by atoms with van der Waals surface area (Å²) >= 11 is 11.6. The number of aliphatic hydroxyl groups excluding tert-OH is 1. The maximum atomic E-state index is 14.8. The van der Waals surface area contributed by atoms with Crippen LogP contribution in [0.4, 0.5) is 5.69 Å². The van der Waals surface area contributed by atoms with Crippen molar-refractivity contribution in [3.05, 3.63) is 54.6 Å². The van der Waals surface area contributed by atoms with Gasteiger partial charge in [-0.2, -0.15) is 0 Å². The molecule has 3 amide bonds. The molecule has 3 saturated heterocycles. The summed E-state index contributed by atoms with van der Waals surface area (Å²) in [7, 11) is 0. The Morgan fingerprint density at radius 3 is 2.44 bits per heavy atom. The Balaban J connectivity index is 1.86. The summed E-state index contributed by atoms with van der Waals surface area (Å²) in [6.45, 7) is 14.7. The monoisotopic (exact) mass is 665 g/mol. The van der Waals surface area contributed by atoms with E-state index in [-0.39, 0.29) is 46.9 Å². The third kappa shape index (κ3) is 5.52. The third-order valence-corrected chi connectivity index (χ3v) is 12.4. The highest BCUT2D eigenvalue weighted by Crippen LogP contribution is 2.68. The molecule has 3 heterocycles. The first-order valence-corrected chi connectivity index (χ1v) is 16.6. The molecular weight excluding hydrogens is 626 g/mol. The Labute approximate surface area is 261 Å². The number of alkyl halides is 1. The molecule has 1 aromatic rings. The van der Waals surface area contributed by atoms with E-state index in [4.69, 9.17) is 11.6 Å². The minimum absolute atomic E-state index is 0.0347. The Morgan fingerprint density at radius 1 is 1.22 bits per heavy atom. The van der Waals surface area contributed by atoms with Gasteiger partial charge in [0.1, 0.15) is 6.04 Å². The van der Waals surface area contributed by atoms with Crippen molar-refractivity contribution in [2.45, 2.75) is 66.9 Å². The quantitative estimate of drug-likeness (QED) is 0.233. The van der Waals surface area contributed by atoms with Gasteiger partial charge in [-0.25, -0.2) is 0 Å². The number of benzene rings is 1. The number of fused-ring (bicyclic) bond motifs is 1. The van der Waals surface area contributed by atoms with E-state index >= 15 is 0 Å². The second-order valence-corrected chi connectivity index (χ2v) is 14.5. The molecule has 0 aromatic heterocycles. The molecule has 1 N–H and O–H groups in total. The van der Waals surface area contributed by atoms with Crippen molar-refractivity contribution >= 4 is 62.7 Å². The maximum absolute atomic E-state index is 14.8. The number of hydrogen-bond acceptors (Lipinski definition) is 5. The van der Waals surface area contributed by atoms with Crippen molar-refractivity contribution in [2.24, 2.45) is 17.8 Å². The minimum atomic E-state index is -0.853. The summed E-state index contributed by atoms with van der Waals surface area (Å²) in [6, 6.07) is 5.63. The molecule has 1 spiro atoms. The molecule has 0 saturated carbocycles. The summed E-state index contributed by atoms with van der Waals surface area (Å²) in [5.41, 5.74) is 0.649. The van der Waals surface area contributed by atoms with E-state index in [1.54, 1.807) is 62.9 Å². The molecule has 3 unspecified atom stereocenters. The Hall–Kier alpha value is -1.81. The summed E-state index contributed by atoms with van der Waals surface area (Å²) in [5, 5.41) is 11.0. The summed E-state index contributed by atoms with van der Waals surface area (Å²) in [5.74, 6) is -1.79. The molecular formula is C31H41BrClN3O4S. The van der Waals surface area contributed by atoms with Crippen LogP contribution in [0.25, 0.3) is 0 Å². The fraction of sp³-hybridized carbons (Fsp3) is 0.581. The second-order valence-electron chi connectivity index (χ2n) is 11.3. The zero-order chi connectivity index (χ0) is 30.1. The largest absolute Gasteiger partial charge is 0.394 e. The third-order valence-electron chi connectivity index (χ3n) is 8.96. The van der Waals surface area contributed by atoms with E-state index in [1.807, 2.05) is 20.8 Å². The second kappa shape index (κ2) is 13.2. The van der Waals surface area contributed by atoms with E-state index < -0.39 is 28.7 Å². The van der Waals surface area contributed by atoms with Crippen LogP contribution in [0.3, 0.4) is 0 Å². The Kier molecular flexibility index (Phi) is 10.4. The molecule has 8 atom stereocenters. The lowest BCUT2D eigenvalue weighted by Crippen LogP contribution is -2.59. The number of thioether (sulfide) groups is 1. The van der Waals surface area contributed by atoms with Crippen molar-refractivity contribution < 1.29 is 19.5 Å². The molecule has 4 rings (SSSR count). The molecule has 0 aliphatic carbocycles. The highest BCUT2D eigenvalue weighted by molar-refractivity contribution is 9.09. The van der Waals surface area contributed by atoms with Gasteiger partial charge >= 0.3 is 0 Å². The first-order valence-electron chi connectivity index (χ1n) is 14.4. The zero-order valence-electron chi connectivity index (χ0n) is 24.0. The number of amides is 3. The molecule has 0 radical (unpaired) electrons. The van der Waals surface area contributed by atoms with Crippen LogP contribution in [-0.2, 0) is 14.4 Å². The highest BCUT2D eigenvalue weighted by atomic mass is 79.9. The molecule has 2 bridgehead atoms. The predicted molar refractivity (Wildman–Crippen MR) is 170 cm³/mol. The molecule has 1 aromatic carbocycles. The number of carbonyl (C=O) groups excluding carboxylic acids is 3. The van der Waals surface area contributed by atoms with Gasteiger partial charge in [0.05, 0.1) is 29.2 Å². The van der Waals surface area contributed by atoms with Crippen molar-refractivity contribution in [3.8, 4) is 0 Å². The number of anilines is 1. The van der Waals surface area contributed by atoms with Crippen LogP contribution in [-0.4, -0.2) is 85.8 Å². The molecule has 10 heteroatoms. The van der Waals surface area contributed by atoms with Gasteiger partial charge in [0.15, 0.2) is 0 Å². The van der Waals surface area contributed by atoms with Gasteiger partial charge in [-0.1, -0.05) is 66.9 Å². The van der Waals surface area contributed by atoms with Crippen molar-refractivity contribution in [3.63, 3.8) is 0 Å². The number of hydrogen-bond donors (Lipinski definition) is 1. The minimum Gasteiger partial charge on any atom is -0.394 e. The summed E-state index contributed by atoms with van der Waals surface area (Å²) in [6.07, 6.45) is 5.47. The number of aliphatic hydroxyl groups is 1. The number of nitrogens with zero attached hydrogens (tertiary/aromatic N) is 3. The van der Waals surface area contributed by atoms with E-state index in [0.29, 0.717) is 30.2 Å². The van der Waals surface area contributed by atoms with Crippen LogP contribution in [0, 0.1) is 17.8 Å². The van der Waals surface area contributed by atoms with Gasteiger partial charge < -0.3 is 19.8 Å². The molecule has 41 heavy (non-hydrogen) atoms. The van der Waals surface area contributed by atoms with Gasteiger partial charge in [0.25, 0.3) is 5.91 Å². The molecule has 224 valence electrons. The normalized spacial score (nSPS) is 29.7. The molecule has 3 fully saturated rings. The first-order chi connectivity index (χ1) is 19.6. The molecule has 7 nitrogen and oxygen atoms in total. The van der Waals surface area contributed by atoms with Crippen molar-refractivity contribution in [2.75, 3.05) is 31.1 Å². The van der Waals surface area contributed by atoms with Gasteiger partial charge in [0.2, 0.25) is 11.8 Å². The van der Waals surface area contributed by atoms with Crippen LogP contribution >= 0.6 is 39.3 Å². The van der Waals surface area contributed by atoms with E-state index in [9.17, 15) is 19.5 Å². The van der Waals surface area contributed by atoms with E-state index in [0.717, 1.165) is 12.8 Å². The lowest BCUT2D eigenvalue weighted by molar-refractivity contribution is -0.146. The Bertz CT molecular complexity index is 1170. The smallest absolute Gasteiger partial charge is 0.251 e. The Morgan fingerprint density at radius 2 is 1.88 bits per heavy atom. The SMILES string of the molecule is C=CCN(CCC)C(=O)[C@H]1[C@@H]2SC3(CC2Br)C(C(=O)N(CC=C)c2ccc(Cl)cc2)N([C@@H](CO)[C@@H](C)CC)C(=O)[C@H]13. The maximum Gasteiger partial charge on any atom is 0.251 e. The lowest BCUT2D eigenvalue weighted by atomic mass is 9.70. The van der Waals surface area contributed by atoms with Crippen LogP contribution < -0.4 is 4.90 Å². The van der Waals surface area contributed by atoms with Gasteiger partial charge in [-0.15, -0.1) is 24.9 Å². The fourth-order valence-electron chi connectivity index (χ4n) is 6.95. The fourth-order valence-corrected chi connectivity index (χ4v) is 10.7. The van der Waals surface area contributed by atoms with Gasteiger partial charge in [0, 0.05) is 40.4 Å². The summed E-state index contributed by atoms with van der Waals surface area (Å²) in [4.78, 5) is 48.6. The van der Waals surface area contributed by atoms with Crippen LogP contribution in [0.15, 0.2) is 49.6 Å². The predicted octanol–water partition coefficient (Wildman–Crippen LogP) is 5.16. The standard InChI is InChI=1S/C31H41BrClN3O4S/c1-6-14-34(15-7-2)28(38)24-25-29(39)36(23(18-37)19(5)9-4)27(31(25)17-22(32)26(24)41-31)30(40)35(16-8-3)21-12-10-20(33)11-13-21/h6,8,10-13,19,22-27,37H,1,3,7,9,14-18H2,2,4-5H3/t19-,22?,23-,24+,25-,26+,27?,31?/m0/s1. The number of rotatable bonds is 13. The highest BCUT2D eigenvalue weighted by Gasteiger charge is 2.76. The average molecular weight is 667 g/mol. The molecule has 3 aliphatic heterocycles. The topological polar surface area (TPSA) is 81.2 Å². The van der Waals surface area contributed by atoms with Gasteiger partial charge in [-0.05, 0) is 43.0 Å². The molecule has 3 aliphatic rings. The van der Waals surface area contributed by atoms with Gasteiger partial charge in [-0.3, -0.25) is 14.4 Å². The van der Waals surface area contributed by atoms with Crippen LogP contribution in [0.5, 0.6) is 0 Å². The van der Waals surface area contributed by atoms with E-state index in [2.05, 4.69) is 29.1 Å².